The Morgan fingerprint density at radius 1 is 1.35 bits per heavy atom. The predicted octanol–water partition coefficient (Wildman–Crippen LogP) is 0.804. The summed E-state index contributed by atoms with van der Waals surface area (Å²) >= 11 is 0. The van der Waals surface area contributed by atoms with E-state index in [1.54, 1.807) is 12.1 Å². The molecule has 4 N–H and O–H groups in total. The fraction of sp³-hybridized carbons (Fsp3) is 0.583. The van der Waals surface area contributed by atoms with Gasteiger partial charge in [0.2, 0.25) is 15.9 Å². The summed E-state index contributed by atoms with van der Waals surface area (Å²) in [6.45, 7) is 3.57. The number of nitrogens with zero attached hydrogens (tertiary/aromatic N) is 1. The van der Waals surface area contributed by atoms with Crippen LogP contribution in [0, 0.1) is 0 Å². The first-order valence-electron chi connectivity index (χ1n) is 6.50. The van der Waals surface area contributed by atoms with Gasteiger partial charge >= 0.3 is 0 Å². The average molecular weight is 302 g/mol. The Kier molecular flexibility index (Phi) is 6.53. The van der Waals surface area contributed by atoms with Gasteiger partial charge in [-0.05, 0) is 25.0 Å². The monoisotopic (exact) mass is 302 g/mol. The summed E-state index contributed by atoms with van der Waals surface area (Å²) in [6.07, 6.45) is 2.68. The van der Waals surface area contributed by atoms with E-state index in [9.17, 15) is 8.42 Å². The lowest BCUT2D eigenvalue weighted by Crippen LogP contribution is -2.24. The van der Waals surface area contributed by atoms with Crippen LogP contribution < -0.4 is 20.5 Å². The highest BCUT2D eigenvalue weighted by atomic mass is 32.2. The van der Waals surface area contributed by atoms with Crippen LogP contribution in [0.1, 0.15) is 19.8 Å². The maximum absolute atomic E-state index is 10.9. The van der Waals surface area contributed by atoms with E-state index in [0.29, 0.717) is 43.5 Å². The summed E-state index contributed by atoms with van der Waals surface area (Å²) in [4.78, 5) is 4.26. The van der Waals surface area contributed by atoms with Crippen molar-refractivity contribution in [2.75, 3.05) is 37.0 Å². The van der Waals surface area contributed by atoms with E-state index >= 15 is 0 Å². The Bertz CT molecular complexity index is 519. The molecule has 0 aromatic carbocycles. The van der Waals surface area contributed by atoms with Crippen LogP contribution in [0.2, 0.25) is 0 Å². The lowest BCUT2D eigenvalue weighted by atomic mass is 10.3. The number of anilines is 2. The highest BCUT2D eigenvalue weighted by Crippen LogP contribution is 2.20. The molecule has 0 atom stereocenters. The van der Waals surface area contributed by atoms with Gasteiger partial charge in [0.05, 0.1) is 18.6 Å². The number of hydrogen-bond acceptors (Lipinski definition) is 6. The van der Waals surface area contributed by atoms with E-state index in [4.69, 9.17) is 10.5 Å². The molecule has 1 rings (SSSR count). The quantitative estimate of drug-likeness (QED) is 0.583. The van der Waals surface area contributed by atoms with E-state index in [-0.39, 0.29) is 0 Å². The molecule has 114 valence electrons. The molecule has 1 heterocycles. The fourth-order valence-corrected chi connectivity index (χ4v) is 1.94. The number of sulfonamides is 1. The van der Waals surface area contributed by atoms with Gasteiger partial charge in [0.25, 0.3) is 0 Å². The van der Waals surface area contributed by atoms with Crippen LogP contribution >= 0.6 is 0 Å². The number of pyridine rings is 1. The van der Waals surface area contributed by atoms with Crippen LogP contribution in [0.15, 0.2) is 12.1 Å². The Morgan fingerprint density at radius 2 is 2.10 bits per heavy atom. The predicted molar refractivity (Wildman–Crippen MR) is 80.4 cm³/mol. The summed E-state index contributed by atoms with van der Waals surface area (Å²) in [7, 11) is -3.12. The van der Waals surface area contributed by atoms with Crippen LogP contribution in [0.25, 0.3) is 0 Å². The zero-order valence-corrected chi connectivity index (χ0v) is 12.7. The molecule has 0 aliphatic rings. The Labute approximate surface area is 120 Å². The number of nitrogens with two attached hydrogens (primary N) is 1. The minimum absolute atomic E-state index is 0.389. The van der Waals surface area contributed by atoms with Crippen molar-refractivity contribution in [1.29, 1.82) is 0 Å². The molecule has 0 fully saturated rings. The zero-order chi connectivity index (χ0) is 15.0. The van der Waals surface area contributed by atoms with Gasteiger partial charge in [-0.25, -0.2) is 13.1 Å². The molecule has 0 bridgehead atoms. The van der Waals surface area contributed by atoms with Crippen molar-refractivity contribution in [2.45, 2.75) is 19.8 Å². The van der Waals surface area contributed by atoms with Gasteiger partial charge in [0.15, 0.2) is 0 Å². The standard InChI is InChI=1S/C12H22N4O3S/c1-3-9-19-12-10(13)5-6-11(16-12)14-7-4-8-15-20(2,17)18/h5-6,15H,3-4,7-9,13H2,1-2H3,(H,14,16). The van der Waals surface area contributed by atoms with Crippen LogP contribution in [0.5, 0.6) is 5.88 Å². The first-order chi connectivity index (χ1) is 9.42. The van der Waals surface area contributed by atoms with Gasteiger partial charge in [0.1, 0.15) is 5.82 Å². The van der Waals surface area contributed by atoms with E-state index < -0.39 is 10.0 Å². The SMILES string of the molecule is CCCOc1nc(NCCCNS(C)(=O)=O)ccc1N. The maximum Gasteiger partial charge on any atom is 0.239 e. The highest BCUT2D eigenvalue weighted by molar-refractivity contribution is 7.88. The number of nitrogens with one attached hydrogen (secondary N) is 2. The molecule has 0 saturated carbocycles. The van der Waals surface area contributed by atoms with Gasteiger partial charge < -0.3 is 15.8 Å². The molecule has 8 heteroatoms. The summed E-state index contributed by atoms with van der Waals surface area (Å²) < 4.78 is 29.6. The van der Waals surface area contributed by atoms with Crippen molar-refractivity contribution < 1.29 is 13.2 Å². The minimum Gasteiger partial charge on any atom is -0.476 e. The Hall–Kier alpha value is -1.54. The van der Waals surface area contributed by atoms with E-state index in [2.05, 4.69) is 15.0 Å². The largest absolute Gasteiger partial charge is 0.476 e. The molecule has 0 radical (unpaired) electrons. The second kappa shape index (κ2) is 7.91. The first-order valence-corrected chi connectivity index (χ1v) is 8.39. The Balaban J connectivity index is 2.40. The molecule has 0 saturated heterocycles. The number of nitrogen functional groups attached to an aromatic ring is 1. The van der Waals surface area contributed by atoms with Crippen molar-refractivity contribution in [1.82, 2.24) is 9.71 Å². The van der Waals surface area contributed by atoms with Gasteiger partial charge in [-0.2, -0.15) is 4.98 Å². The molecule has 0 spiro atoms. The van der Waals surface area contributed by atoms with E-state index in [0.717, 1.165) is 12.7 Å². The molecule has 1 aromatic heterocycles. The van der Waals surface area contributed by atoms with Gasteiger partial charge in [-0.3, -0.25) is 0 Å². The normalized spacial score (nSPS) is 11.3. The fourth-order valence-electron chi connectivity index (χ4n) is 1.43. The summed E-state index contributed by atoms with van der Waals surface area (Å²) in [5, 5.41) is 3.09. The highest BCUT2D eigenvalue weighted by Gasteiger charge is 2.04. The van der Waals surface area contributed by atoms with Crippen molar-refractivity contribution in [2.24, 2.45) is 0 Å². The second-order valence-corrected chi connectivity index (χ2v) is 6.22. The molecule has 0 aliphatic heterocycles. The summed E-state index contributed by atoms with van der Waals surface area (Å²) in [6, 6.07) is 3.49. The third-order valence-electron chi connectivity index (χ3n) is 2.36. The van der Waals surface area contributed by atoms with Crippen molar-refractivity contribution in [3.63, 3.8) is 0 Å². The van der Waals surface area contributed by atoms with Gasteiger partial charge in [0, 0.05) is 13.1 Å². The molecule has 7 nitrogen and oxygen atoms in total. The molecule has 20 heavy (non-hydrogen) atoms. The van der Waals surface area contributed by atoms with Crippen molar-refractivity contribution in [3.05, 3.63) is 12.1 Å². The molecular formula is C12H22N4O3S. The second-order valence-electron chi connectivity index (χ2n) is 4.39. The van der Waals surface area contributed by atoms with E-state index in [1.807, 2.05) is 6.92 Å². The number of ether oxygens (including phenoxy) is 1. The van der Waals surface area contributed by atoms with Crippen LogP contribution in [-0.4, -0.2) is 39.4 Å². The van der Waals surface area contributed by atoms with Gasteiger partial charge in [-0.1, -0.05) is 6.92 Å². The first kappa shape index (κ1) is 16.5. The smallest absolute Gasteiger partial charge is 0.239 e. The molecule has 0 amide bonds. The summed E-state index contributed by atoms with van der Waals surface area (Å²) in [5.74, 6) is 1.08. The molecular weight excluding hydrogens is 280 g/mol. The number of rotatable bonds is 9. The third-order valence-corrected chi connectivity index (χ3v) is 3.09. The minimum atomic E-state index is -3.12. The van der Waals surface area contributed by atoms with Crippen LogP contribution in [0.4, 0.5) is 11.5 Å². The molecule has 1 aromatic rings. The van der Waals surface area contributed by atoms with Gasteiger partial charge in [-0.15, -0.1) is 0 Å². The lowest BCUT2D eigenvalue weighted by molar-refractivity contribution is 0.307. The number of hydrogen-bond donors (Lipinski definition) is 3. The van der Waals surface area contributed by atoms with Crippen molar-refractivity contribution in [3.8, 4) is 5.88 Å². The lowest BCUT2D eigenvalue weighted by Gasteiger charge is -2.10. The zero-order valence-electron chi connectivity index (χ0n) is 11.8. The maximum atomic E-state index is 10.9. The molecule has 0 unspecified atom stereocenters. The van der Waals surface area contributed by atoms with Crippen LogP contribution in [-0.2, 0) is 10.0 Å². The number of aromatic nitrogens is 1. The molecule has 0 aliphatic carbocycles. The van der Waals surface area contributed by atoms with Crippen molar-refractivity contribution >= 4 is 21.5 Å². The average Bonchev–Trinajstić information content (AvgIpc) is 2.37. The topological polar surface area (TPSA) is 106 Å². The summed E-state index contributed by atoms with van der Waals surface area (Å²) in [5.41, 5.74) is 6.27. The van der Waals surface area contributed by atoms with Crippen LogP contribution in [0.3, 0.4) is 0 Å². The third kappa shape index (κ3) is 6.58. The Morgan fingerprint density at radius 3 is 2.75 bits per heavy atom. The van der Waals surface area contributed by atoms with E-state index in [1.165, 1.54) is 0 Å².